The topological polar surface area (TPSA) is 29.3 Å². The van der Waals surface area contributed by atoms with E-state index in [0.29, 0.717) is 34.5 Å². The molecule has 1 saturated heterocycles. The molecule has 1 aliphatic heterocycles. The summed E-state index contributed by atoms with van der Waals surface area (Å²) in [6.45, 7) is 7.53. The fraction of sp³-hybridized carbons (Fsp3) is 0.625. The van der Waals surface area contributed by atoms with Crippen molar-refractivity contribution in [3.05, 3.63) is 33.8 Å². The minimum absolute atomic E-state index is 0.388. The molecule has 1 atom stereocenters. The lowest BCUT2D eigenvalue weighted by Gasteiger charge is -2.38. The summed E-state index contributed by atoms with van der Waals surface area (Å²) in [5.41, 5.74) is 7.26. The number of likely N-dealkylation sites (tertiary alicyclic amines) is 1. The van der Waals surface area contributed by atoms with E-state index in [0.717, 1.165) is 0 Å². The van der Waals surface area contributed by atoms with Gasteiger partial charge < -0.3 is 10.6 Å². The molecule has 0 spiro atoms. The third-order valence-corrected chi connectivity index (χ3v) is 5.24. The van der Waals surface area contributed by atoms with Crippen LogP contribution in [0.4, 0.5) is 0 Å². The molecule has 0 radical (unpaired) electrons. The van der Waals surface area contributed by atoms with Crippen LogP contribution in [0.3, 0.4) is 0 Å². The molecule has 1 fully saturated rings. The first kappa shape index (κ1) is 16.1. The molecule has 0 amide bonds. The molecule has 4 heteroatoms. The molecule has 0 aromatic heterocycles. The molecule has 1 aliphatic rings. The molecule has 1 heterocycles. The molecule has 1 aromatic carbocycles. The Labute approximate surface area is 132 Å². The zero-order chi connectivity index (χ0) is 14.7. The molecule has 1 aromatic rings. The van der Waals surface area contributed by atoms with Crippen LogP contribution >= 0.6 is 23.2 Å². The maximum Gasteiger partial charge on any atom is 0.0595 e. The first-order valence-corrected chi connectivity index (χ1v) is 8.17. The SMILES string of the molecule is CC(C)N1CCC(C(CN)c2ccc(Cl)c(Cl)c2)CC1. The molecule has 1 unspecified atom stereocenters. The van der Waals surface area contributed by atoms with Crippen molar-refractivity contribution in [1.82, 2.24) is 4.90 Å². The molecule has 2 nitrogen and oxygen atoms in total. The van der Waals surface area contributed by atoms with Gasteiger partial charge in [0.1, 0.15) is 0 Å². The van der Waals surface area contributed by atoms with Crippen LogP contribution in [-0.4, -0.2) is 30.6 Å². The summed E-state index contributed by atoms with van der Waals surface area (Å²) in [5.74, 6) is 1.03. The molecule has 0 aliphatic carbocycles. The maximum absolute atomic E-state index is 6.14. The van der Waals surface area contributed by atoms with Crippen molar-refractivity contribution in [2.45, 2.75) is 38.6 Å². The summed E-state index contributed by atoms with van der Waals surface area (Å²) in [7, 11) is 0. The highest BCUT2D eigenvalue weighted by Crippen LogP contribution is 2.35. The van der Waals surface area contributed by atoms with Crippen LogP contribution in [0.2, 0.25) is 10.0 Å². The fourth-order valence-electron chi connectivity index (χ4n) is 3.18. The number of hydrogen-bond donors (Lipinski definition) is 1. The lowest BCUT2D eigenvalue weighted by molar-refractivity contribution is 0.138. The van der Waals surface area contributed by atoms with E-state index in [1.54, 1.807) is 0 Å². The van der Waals surface area contributed by atoms with E-state index >= 15 is 0 Å². The molecule has 2 rings (SSSR count). The van der Waals surface area contributed by atoms with Gasteiger partial charge in [0.15, 0.2) is 0 Å². The number of hydrogen-bond acceptors (Lipinski definition) is 2. The van der Waals surface area contributed by atoms with E-state index in [-0.39, 0.29) is 0 Å². The number of nitrogens with two attached hydrogens (primary N) is 1. The summed E-state index contributed by atoms with van der Waals surface area (Å²) in [4.78, 5) is 2.54. The average molecular weight is 315 g/mol. The summed E-state index contributed by atoms with van der Waals surface area (Å²) >= 11 is 12.1. The minimum atomic E-state index is 0.388. The molecule has 2 N–H and O–H groups in total. The Kier molecular flexibility index (Phi) is 5.74. The van der Waals surface area contributed by atoms with Crippen LogP contribution in [0.5, 0.6) is 0 Å². The second-order valence-electron chi connectivity index (χ2n) is 5.98. The predicted octanol–water partition coefficient (Wildman–Crippen LogP) is 4.16. The largest absolute Gasteiger partial charge is 0.330 e. The molecular weight excluding hydrogens is 291 g/mol. The van der Waals surface area contributed by atoms with Crippen molar-refractivity contribution >= 4 is 23.2 Å². The second-order valence-corrected chi connectivity index (χ2v) is 6.80. The zero-order valence-corrected chi connectivity index (χ0v) is 13.8. The van der Waals surface area contributed by atoms with Gasteiger partial charge in [0.2, 0.25) is 0 Å². The van der Waals surface area contributed by atoms with E-state index in [4.69, 9.17) is 28.9 Å². The van der Waals surface area contributed by atoms with Crippen molar-refractivity contribution in [2.24, 2.45) is 11.7 Å². The number of piperidine rings is 1. The highest BCUT2D eigenvalue weighted by atomic mass is 35.5. The molecular formula is C16H24Cl2N2. The summed E-state index contributed by atoms with van der Waals surface area (Å²) < 4.78 is 0. The lowest BCUT2D eigenvalue weighted by Crippen LogP contribution is -2.40. The van der Waals surface area contributed by atoms with Crippen LogP contribution in [0, 0.1) is 5.92 Å². The van der Waals surface area contributed by atoms with Crippen LogP contribution in [0.1, 0.15) is 38.2 Å². The number of nitrogens with zero attached hydrogens (tertiary/aromatic N) is 1. The van der Waals surface area contributed by atoms with E-state index in [9.17, 15) is 0 Å². The van der Waals surface area contributed by atoms with Gasteiger partial charge in [-0.05, 0) is 75.9 Å². The standard InChI is InChI=1S/C16H24Cl2N2/c1-11(2)20-7-5-12(6-8-20)14(10-19)13-3-4-15(17)16(18)9-13/h3-4,9,11-12,14H,5-8,10,19H2,1-2H3. The third kappa shape index (κ3) is 3.67. The highest BCUT2D eigenvalue weighted by molar-refractivity contribution is 6.42. The van der Waals surface area contributed by atoms with Crippen molar-refractivity contribution in [1.29, 1.82) is 0 Å². The van der Waals surface area contributed by atoms with E-state index in [1.807, 2.05) is 12.1 Å². The van der Waals surface area contributed by atoms with E-state index in [2.05, 4.69) is 24.8 Å². The van der Waals surface area contributed by atoms with Gasteiger partial charge in [-0.2, -0.15) is 0 Å². The highest BCUT2D eigenvalue weighted by Gasteiger charge is 2.27. The number of rotatable bonds is 4. The van der Waals surface area contributed by atoms with Gasteiger partial charge in [0.25, 0.3) is 0 Å². The summed E-state index contributed by atoms with van der Waals surface area (Å²) in [6, 6.07) is 6.57. The Hall–Kier alpha value is -0.280. The normalized spacial score (nSPS) is 19.5. The minimum Gasteiger partial charge on any atom is -0.330 e. The Bertz CT molecular complexity index is 440. The van der Waals surface area contributed by atoms with Gasteiger partial charge in [0, 0.05) is 6.04 Å². The molecule has 112 valence electrons. The van der Waals surface area contributed by atoms with Crippen molar-refractivity contribution in [3.8, 4) is 0 Å². The van der Waals surface area contributed by atoms with Crippen LogP contribution in [0.15, 0.2) is 18.2 Å². The Morgan fingerprint density at radius 2 is 1.85 bits per heavy atom. The Morgan fingerprint density at radius 3 is 2.35 bits per heavy atom. The van der Waals surface area contributed by atoms with Crippen LogP contribution < -0.4 is 5.73 Å². The first-order chi connectivity index (χ1) is 9.52. The monoisotopic (exact) mass is 314 g/mol. The van der Waals surface area contributed by atoms with Crippen molar-refractivity contribution < 1.29 is 0 Å². The average Bonchev–Trinajstić information content (AvgIpc) is 2.44. The van der Waals surface area contributed by atoms with Gasteiger partial charge in [0.05, 0.1) is 10.0 Å². The number of halogens is 2. The van der Waals surface area contributed by atoms with E-state index in [1.165, 1.54) is 31.5 Å². The quantitative estimate of drug-likeness (QED) is 0.904. The van der Waals surface area contributed by atoms with Gasteiger partial charge in [-0.3, -0.25) is 0 Å². The van der Waals surface area contributed by atoms with Crippen LogP contribution in [0.25, 0.3) is 0 Å². The third-order valence-electron chi connectivity index (χ3n) is 4.50. The van der Waals surface area contributed by atoms with Crippen molar-refractivity contribution in [2.75, 3.05) is 19.6 Å². The van der Waals surface area contributed by atoms with Gasteiger partial charge in [-0.25, -0.2) is 0 Å². The van der Waals surface area contributed by atoms with Crippen molar-refractivity contribution in [3.63, 3.8) is 0 Å². The first-order valence-electron chi connectivity index (χ1n) is 7.42. The predicted molar refractivity (Wildman–Crippen MR) is 87.7 cm³/mol. The summed E-state index contributed by atoms with van der Waals surface area (Å²) in [5, 5.41) is 1.24. The van der Waals surface area contributed by atoms with Crippen LogP contribution in [-0.2, 0) is 0 Å². The molecule has 0 saturated carbocycles. The van der Waals surface area contributed by atoms with Gasteiger partial charge in [-0.15, -0.1) is 0 Å². The van der Waals surface area contributed by atoms with Gasteiger partial charge >= 0.3 is 0 Å². The lowest BCUT2D eigenvalue weighted by atomic mass is 9.80. The fourth-order valence-corrected chi connectivity index (χ4v) is 3.49. The number of benzene rings is 1. The maximum atomic E-state index is 6.14. The Balaban J connectivity index is 2.07. The molecule has 0 bridgehead atoms. The smallest absolute Gasteiger partial charge is 0.0595 e. The second kappa shape index (κ2) is 7.13. The Morgan fingerprint density at radius 1 is 1.20 bits per heavy atom. The molecule has 20 heavy (non-hydrogen) atoms. The van der Waals surface area contributed by atoms with Gasteiger partial charge in [-0.1, -0.05) is 29.3 Å². The summed E-state index contributed by atoms with van der Waals surface area (Å²) in [6.07, 6.45) is 2.42. The zero-order valence-electron chi connectivity index (χ0n) is 12.3. The van der Waals surface area contributed by atoms with E-state index < -0.39 is 0 Å².